The Morgan fingerprint density at radius 1 is 0.606 bits per heavy atom. The highest BCUT2D eigenvalue weighted by Crippen LogP contribution is 2.37. The van der Waals surface area contributed by atoms with E-state index in [0.717, 1.165) is 23.0 Å². The summed E-state index contributed by atoms with van der Waals surface area (Å²) in [6, 6.07) is 22.4. The van der Waals surface area contributed by atoms with E-state index in [1.54, 1.807) is 12.4 Å². The lowest BCUT2D eigenvalue weighted by atomic mass is 9.86. The Hall–Kier alpha value is -4.10. The molecule has 33 heavy (non-hydrogen) atoms. The summed E-state index contributed by atoms with van der Waals surface area (Å²) < 4.78 is 0. The number of rotatable bonds is 9. The summed E-state index contributed by atoms with van der Waals surface area (Å²) in [5.41, 5.74) is 2.40. The van der Waals surface area contributed by atoms with Crippen LogP contribution in [0.15, 0.2) is 104 Å². The van der Waals surface area contributed by atoms with Crippen LogP contribution in [0.5, 0.6) is 0 Å². The average Bonchev–Trinajstić information content (AvgIpc) is 3.60. The standard InChI is InChI=1S/C26H25N7/c1-2-8-21(9-3-1)18-26(24-29-14-15-30-24,25-31-16-17-32-25)33(19-22-10-4-6-12-27-22)20-23-11-5-7-13-28-23/h1-17H,18-20H2,(H,29,30)(H,31,32). The van der Waals surface area contributed by atoms with Crippen LogP contribution in [0.1, 0.15) is 28.6 Å². The minimum Gasteiger partial charge on any atom is -0.347 e. The van der Waals surface area contributed by atoms with E-state index in [1.165, 1.54) is 5.56 Å². The normalized spacial score (nSPS) is 11.7. The first kappa shape index (κ1) is 20.8. The Morgan fingerprint density at radius 2 is 1.15 bits per heavy atom. The predicted molar refractivity (Wildman–Crippen MR) is 126 cm³/mol. The molecule has 0 unspecified atom stereocenters. The highest BCUT2D eigenvalue weighted by Gasteiger charge is 2.45. The van der Waals surface area contributed by atoms with Gasteiger partial charge in [-0.1, -0.05) is 42.5 Å². The molecule has 7 heteroatoms. The molecule has 4 aromatic heterocycles. The highest BCUT2D eigenvalue weighted by atomic mass is 15.3. The lowest BCUT2D eigenvalue weighted by molar-refractivity contribution is 0.0851. The number of hydrogen-bond acceptors (Lipinski definition) is 5. The van der Waals surface area contributed by atoms with E-state index in [9.17, 15) is 0 Å². The molecule has 0 amide bonds. The van der Waals surface area contributed by atoms with Crippen LogP contribution in [-0.2, 0) is 25.0 Å². The summed E-state index contributed by atoms with van der Waals surface area (Å²) >= 11 is 0. The minimum atomic E-state index is -0.705. The molecule has 0 saturated heterocycles. The zero-order valence-corrected chi connectivity index (χ0v) is 18.2. The Labute approximate surface area is 192 Å². The molecule has 5 rings (SSSR count). The van der Waals surface area contributed by atoms with Crippen molar-refractivity contribution in [2.24, 2.45) is 0 Å². The number of aromatic nitrogens is 6. The molecule has 164 valence electrons. The molecule has 0 aliphatic rings. The van der Waals surface area contributed by atoms with E-state index < -0.39 is 5.54 Å². The van der Waals surface area contributed by atoms with Crippen LogP contribution in [0.3, 0.4) is 0 Å². The first-order chi connectivity index (χ1) is 16.3. The van der Waals surface area contributed by atoms with Crippen LogP contribution < -0.4 is 0 Å². The highest BCUT2D eigenvalue weighted by molar-refractivity contribution is 5.29. The Bertz CT molecular complexity index is 1150. The second-order valence-electron chi connectivity index (χ2n) is 7.90. The van der Waals surface area contributed by atoms with Crippen LogP contribution in [0.25, 0.3) is 0 Å². The number of hydrogen-bond donors (Lipinski definition) is 2. The molecule has 0 spiro atoms. The summed E-state index contributed by atoms with van der Waals surface area (Å²) in [5, 5.41) is 0. The van der Waals surface area contributed by atoms with Crippen LogP contribution in [-0.4, -0.2) is 34.8 Å². The van der Waals surface area contributed by atoms with Gasteiger partial charge in [0, 0.05) is 56.7 Å². The fourth-order valence-corrected chi connectivity index (χ4v) is 4.27. The number of H-pyrrole nitrogens is 2. The third kappa shape index (κ3) is 4.44. The van der Waals surface area contributed by atoms with Crippen molar-refractivity contribution in [2.45, 2.75) is 25.0 Å². The van der Waals surface area contributed by atoms with Crippen molar-refractivity contribution < 1.29 is 0 Å². The van der Waals surface area contributed by atoms with Gasteiger partial charge in [-0.15, -0.1) is 0 Å². The van der Waals surface area contributed by atoms with Crippen molar-refractivity contribution in [3.8, 4) is 0 Å². The van der Waals surface area contributed by atoms with Crippen molar-refractivity contribution in [2.75, 3.05) is 0 Å². The fourth-order valence-electron chi connectivity index (χ4n) is 4.27. The van der Waals surface area contributed by atoms with Crippen LogP contribution in [0.4, 0.5) is 0 Å². The van der Waals surface area contributed by atoms with Gasteiger partial charge < -0.3 is 9.97 Å². The van der Waals surface area contributed by atoms with Gasteiger partial charge >= 0.3 is 0 Å². The molecule has 0 aliphatic carbocycles. The van der Waals surface area contributed by atoms with Gasteiger partial charge in [0.2, 0.25) is 0 Å². The molecular formula is C26H25N7. The number of nitrogens with zero attached hydrogens (tertiary/aromatic N) is 5. The number of aromatic amines is 2. The van der Waals surface area contributed by atoms with Gasteiger partial charge in [-0.2, -0.15) is 0 Å². The van der Waals surface area contributed by atoms with E-state index in [4.69, 9.17) is 9.97 Å². The zero-order valence-electron chi connectivity index (χ0n) is 18.2. The van der Waals surface area contributed by atoms with Gasteiger partial charge in [-0.05, 0) is 29.8 Å². The second kappa shape index (κ2) is 9.58. The van der Waals surface area contributed by atoms with Crippen LogP contribution >= 0.6 is 0 Å². The molecule has 2 N–H and O–H groups in total. The first-order valence-electron chi connectivity index (χ1n) is 10.9. The summed E-state index contributed by atoms with van der Waals surface area (Å²) in [4.78, 5) is 27.9. The second-order valence-corrected chi connectivity index (χ2v) is 7.90. The Balaban J connectivity index is 1.69. The third-order valence-electron chi connectivity index (χ3n) is 5.78. The quantitative estimate of drug-likeness (QED) is 0.364. The van der Waals surface area contributed by atoms with Gasteiger partial charge in [-0.3, -0.25) is 14.9 Å². The maximum atomic E-state index is 4.75. The SMILES string of the molecule is c1ccc(CC(c2ncc[nH]2)(c2ncc[nH]2)N(Cc2ccccn2)Cc2ccccn2)cc1. The van der Waals surface area contributed by atoms with Gasteiger partial charge in [0.05, 0.1) is 11.4 Å². The minimum absolute atomic E-state index is 0.589. The summed E-state index contributed by atoms with van der Waals surface area (Å²) in [5.74, 6) is 1.63. The lowest BCUT2D eigenvalue weighted by Crippen LogP contribution is -2.50. The predicted octanol–water partition coefficient (Wildman–Crippen LogP) is 4.11. The van der Waals surface area contributed by atoms with Crippen LogP contribution in [0, 0.1) is 0 Å². The fraction of sp³-hybridized carbons (Fsp3) is 0.154. The topological polar surface area (TPSA) is 86.4 Å². The maximum Gasteiger partial charge on any atom is 0.142 e. The van der Waals surface area contributed by atoms with Gasteiger partial charge in [0.1, 0.15) is 17.2 Å². The van der Waals surface area contributed by atoms with Crippen molar-refractivity contribution >= 4 is 0 Å². The smallest absolute Gasteiger partial charge is 0.142 e. The van der Waals surface area contributed by atoms with Crippen molar-refractivity contribution in [3.63, 3.8) is 0 Å². The number of imidazole rings is 2. The van der Waals surface area contributed by atoms with E-state index in [1.807, 2.05) is 67.3 Å². The molecule has 0 atom stereocenters. The summed E-state index contributed by atoms with van der Waals surface area (Å²) in [6.07, 6.45) is 11.6. The number of benzene rings is 1. The van der Waals surface area contributed by atoms with E-state index in [-0.39, 0.29) is 0 Å². The lowest BCUT2D eigenvalue weighted by Gasteiger charge is -2.41. The van der Waals surface area contributed by atoms with E-state index >= 15 is 0 Å². The molecule has 0 fully saturated rings. The Kier molecular flexibility index (Phi) is 6.04. The largest absolute Gasteiger partial charge is 0.347 e. The van der Waals surface area contributed by atoms with E-state index in [0.29, 0.717) is 19.5 Å². The molecule has 0 bridgehead atoms. The molecular weight excluding hydrogens is 410 g/mol. The molecule has 7 nitrogen and oxygen atoms in total. The average molecular weight is 436 g/mol. The molecule has 4 heterocycles. The monoisotopic (exact) mass is 435 g/mol. The third-order valence-corrected chi connectivity index (χ3v) is 5.78. The van der Waals surface area contributed by atoms with Gasteiger partial charge in [0.25, 0.3) is 0 Å². The number of nitrogens with one attached hydrogen (secondary N) is 2. The molecule has 5 aromatic rings. The zero-order chi connectivity index (χ0) is 22.3. The first-order valence-corrected chi connectivity index (χ1v) is 10.9. The van der Waals surface area contributed by atoms with Crippen molar-refractivity contribution in [3.05, 3.63) is 133 Å². The molecule has 0 radical (unpaired) electrons. The van der Waals surface area contributed by atoms with Crippen LogP contribution in [0.2, 0.25) is 0 Å². The van der Waals surface area contributed by atoms with Gasteiger partial charge in [-0.25, -0.2) is 9.97 Å². The van der Waals surface area contributed by atoms with Crippen molar-refractivity contribution in [1.29, 1.82) is 0 Å². The summed E-state index contributed by atoms with van der Waals surface area (Å²) in [6.45, 7) is 1.18. The molecule has 1 aromatic carbocycles. The maximum absolute atomic E-state index is 4.75. The number of pyridine rings is 2. The summed E-state index contributed by atoms with van der Waals surface area (Å²) in [7, 11) is 0. The molecule has 0 aliphatic heterocycles. The Morgan fingerprint density at radius 3 is 1.61 bits per heavy atom. The van der Waals surface area contributed by atoms with Gasteiger partial charge in [0.15, 0.2) is 0 Å². The van der Waals surface area contributed by atoms with Crippen molar-refractivity contribution in [1.82, 2.24) is 34.8 Å². The van der Waals surface area contributed by atoms with E-state index in [2.05, 4.69) is 49.1 Å². The molecule has 0 saturated carbocycles.